The van der Waals surface area contributed by atoms with Gasteiger partial charge in [0, 0.05) is 30.6 Å². The van der Waals surface area contributed by atoms with E-state index in [1.54, 1.807) is 18.1 Å². The van der Waals surface area contributed by atoms with Crippen molar-refractivity contribution in [2.45, 2.75) is 52.4 Å². The highest BCUT2D eigenvalue weighted by Crippen LogP contribution is 2.34. The van der Waals surface area contributed by atoms with Crippen LogP contribution in [-0.2, 0) is 9.59 Å². The van der Waals surface area contributed by atoms with Gasteiger partial charge in [0.15, 0.2) is 0 Å². The molecule has 1 fully saturated rings. The third-order valence-corrected chi connectivity index (χ3v) is 4.46. The van der Waals surface area contributed by atoms with Gasteiger partial charge in [-0.1, -0.05) is 26.7 Å². The summed E-state index contributed by atoms with van der Waals surface area (Å²) < 4.78 is 5.44. The first-order valence-electron chi connectivity index (χ1n) is 8.90. The van der Waals surface area contributed by atoms with Crippen molar-refractivity contribution in [1.29, 1.82) is 0 Å². The lowest BCUT2D eigenvalue weighted by molar-refractivity contribution is -0.120. The minimum Gasteiger partial charge on any atom is -0.494 e. The van der Waals surface area contributed by atoms with E-state index >= 15 is 0 Å². The number of anilines is 2. The van der Waals surface area contributed by atoms with Gasteiger partial charge in [0.1, 0.15) is 5.75 Å². The second kappa shape index (κ2) is 8.71. The Balaban J connectivity index is 2.14. The Labute approximate surface area is 144 Å². The van der Waals surface area contributed by atoms with Crippen LogP contribution in [0.2, 0.25) is 0 Å². The number of carbonyl (C=O) groups excluding carboxylic acids is 2. The molecule has 1 saturated heterocycles. The van der Waals surface area contributed by atoms with Crippen molar-refractivity contribution in [2.24, 2.45) is 5.92 Å². The fourth-order valence-corrected chi connectivity index (χ4v) is 3.23. The molecule has 1 N–H and O–H groups in total. The number of nitrogens with one attached hydrogen (secondary N) is 1. The number of rotatable bonds is 8. The van der Waals surface area contributed by atoms with Crippen molar-refractivity contribution in [3.05, 3.63) is 18.2 Å². The summed E-state index contributed by atoms with van der Waals surface area (Å²) in [5, 5.41) is 2.99. The van der Waals surface area contributed by atoms with Crippen LogP contribution in [-0.4, -0.2) is 25.5 Å². The van der Waals surface area contributed by atoms with Crippen LogP contribution in [0.1, 0.15) is 52.4 Å². The molecule has 24 heavy (non-hydrogen) atoms. The predicted molar refractivity (Wildman–Crippen MR) is 96.5 cm³/mol. The SMILES string of the molecule is CCCC(CCC)C(=O)Nc1ccc(N2CCCC2=O)c(OC)c1. The van der Waals surface area contributed by atoms with Gasteiger partial charge in [0.25, 0.3) is 0 Å². The van der Waals surface area contributed by atoms with Gasteiger partial charge in [-0.2, -0.15) is 0 Å². The van der Waals surface area contributed by atoms with Crippen LogP contribution < -0.4 is 15.0 Å². The van der Waals surface area contributed by atoms with Crippen molar-refractivity contribution in [3.8, 4) is 5.75 Å². The monoisotopic (exact) mass is 332 g/mol. The second-order valence-electron chi connectivity index (χ2n) is 6.30. The smallest absolute Gasteiger partial charge is 0.227 e. The summed E-state index contributed by atoms with van der Waals surface area (Å²) in [5.74, 6) is 0.846. The lowest BCUT2D eigenvalue weighted by atomic mass is 9.97. The summed E-state index contributed by atoms with van der Waals surface area (Å²) in [6, 6.07) is 5.50. The Morgan fingerprint density at radius 3 is 2.54 bits per heavy atom. The van der Waals surface area contributed by atoms with E-state index in [1.807, 2.05) is 12.1 Å². The number of nitrogens with zero attached hydrogens (tertiary/aromatic N) is 1. The Kier molecular flexibility index (Phi) is 6.64. The molecule has 1 aromatic carbocycles. The zero-order valence-electron chi connectivity index (χ0n) is 14.9. The number of carbonyl (C=O) groups is 2. The van der Waals surface area contributed by atoms with Crippen molar-refractivity contribution >= 4 is 23.2 Å². The molecule has 0 aliphatic carbocycles. The molecule has 1 aromatic rings. The number of hydrogen-bond donors (Lipinski definition) is 1. The molecule has 5 heteroatoms. The van der Waals surface area contributed by atoms with Gasteiger partial charge in [-0.25, -0.2) is 0 Å². The maximum absolute atomic E-state index is 12.5. The minimum absolute atomic E-state index is 0.0471. The summed E-state index contributed by atoms with van der Waals surface area (Å²) in [6.45, 7) is 4.91. The average molecular weight is 332 g/mol. The van der Waals surface area contributed by atoms with Gasteiger partial charge in [-0.05, 0) is 31.4 Å². The Morgan fingerprint density at radius 2 is 2.00 bits per heavy atom. The Hall–Kier alpha value is -2.04. The van der Waals surface area contributed by atoms with Crippen LogP contribution >= 0.6 is 0 Å². The highest BCUT2D eigenvalue weighted by Gasteiger charge is 2.25. The highest BCUT2D eigenvalue weighted by atomic mass is 16.5. The molecule has 1 heterocycles. The van der Waals surface area contributed by atoms with Gasteiger partial charge >= 0.3 is 0 Å². The predicted octanol–water partition coefficient (Wildman–Crippen LogP) is 3.98. The summed E-state index contributed by atoms with van der Waals surface area (Å²) in [6.07, 6.45) is 5.25. The van der Waals surface area contributed by atoms with Gasteiger partial charge in [0.2, 0.25) is 11.8 Å². The molecule has 2 amide bonds. The third-order valence-electron chi connectivity index (χ3n) is 4.46. The Bertz CT molecular complexity index is 580. The van der Waals surface area contributed by atoms with E-state index in [0.717, 1.165) is 44.3 Å². The van der Waals surface area contributed by atoms with Crippen LogP contribution in [0.15, 0.2) is 18.2 Å². The van der Waals surface area contributed by atoms with E-state index in [9.17, 15) is 9.59 Å². The maximum atomic E-state index is 12.5. The highest BCUT2D eigenvalue weighted by molar-refractivity contribution is 5.98. The van der Waals surface area contributed by atoms with E-state index in [0.29, 0.717) is 17.9 Å². The molecule has 1 aliphatic rings. The lowest BCUT2D eigenvalue weighted by Gasteiger charge is -2.20. The summed E-state index contributed by atoms with van der Waals surface area (Å²) in [4.78, 5) is 26.2. The van der Waals surface area contributed by atoms with E-state index in [-0.39, 0.29) is 17.7 Å². The topological polar surface area (TPSA) is 58.6 Å². The zero-order valence-corrected chi connectivity index (χ0v) is 14.9. The van der Waals surface area contributed by atoms with E-state index < -0.39 is 0 Å². The molecule has 2 rings (SSSR count). The normalized spacial score (nSPS) is 14.3. The first-order valence-corrected chi connectivity index (χ1v) is 8.90. The number of amides is 2. The number of hydrogen-bond acceptors (Lipinski definition) is 3. The number of methoxy groups -OCH3 is 1. The largest absolute Gasteiger partial charge is 0.494 e. The molecule has 0 unspecified atom stereocenters. The first kappa shape index (κ1) is 18.3. The van der Waals surface area contributed by atoms with E-state index in [1.165, 1.54) is 0 Å². The van der Waals surface area contributed by atoms with Gasteiger partial charge in [0.05, 0.1) is 12.8 Å². The zero-order chi connectivity index (χ0) is 17.5. The van der Waals surface area contributed by atoms with Crippen molar-refractivity contribution < 1.29 is 14.3 Å². The van der Waals surface area contributed by atoms with Gasteiger partial charge in [-0.3, -0.25) is 9.59 Å². The molecule has 0 bridgehead atoms. The van der Waals surface area contributed by atoms with Crippen LogP contribution in [0.25, 0.3) is 0 Å². The second-order valence-corrected chi connectivity index (χ2v) is 6.30. The maximum Gasteiger partial charge on any atom is 0.227 e. The molecule has 1 aliphatic heterocycles. The van der Waals surface area contributed by atoms with Crippen molar-refractivity contribution in [2.75, 3.05) is 23.9 Å². The fraction of sp³-hybridized carbons (Fsp3) is 0.579. The fourth-order valence-electron chi connectivity index (χ4n) is 3.23. The summed E-state index contributed by atoms with van der Waals surface area (Å²) in [5.41, 5.74) is 1.49. The molecule has 0 radical (unpaired) electrons. The summed E-state index contributed by atoms with van der Waals surface area (Å²) >= 11 is 0. The standard InChI is InChI=1S/C19H28N2O3/c1-4-7-14(8-5-2)19(23)20-15-10-11-16(17(13-15)24-3)21-12-6-9-18(21)22/h10-11,13-14H,4-9,12H2,1-3H3,(H,20,23). The lowest BCUT2D eigenvalue weighted by Crippen LogP contribution is -2.25. The van der Waals surface area contributed by atoms with Crippen LogP contribution in [0, 0.1) is 5.92 Å². The Morgan fingerprint density at radius 1 is 1.29 bits per heavy atom. The van der Waals surface area contributed by atoms with Crippen LogP contribution in [0.5, 0.6) is 5.75 Å². The van der Waals surface area contributed by atoms with E-state index in [4.69, 9.17) is 4.74 Å². The third kappa shape index (κ3) is 4.28. The van der Waals surface area contributed by atoms with Gasteiger partial charge in [-0.15, -0.1) is 0 Å². The van der Waals surface area contributed by atoms with Crippen LogP contribution in [0.3, 0.4) is 0 Å². The van der Waals surface area contributed by atoms with Gasteiger partial charge < -0.3 is 15.0 Å². The van der Waals surface area contributed by atoms with Crippen molar-refractivity contribution in [3.63, 3.8) is 0 Å². The first-order chi connectivity index (χ1) is 11.6. The molecule has 0 atom stereocenters. The summed E-state index contributed by atoms with van der Waals surface area (Å²) in [7, 11) is 1.59. The quantitative estimate of drug-likeness (QED) is 0.783. The molecular weight excluding hydrogens is 304 g/mol. The molecule has 0 aromatic heterocycles. The van der Waals surface area contributed by atoms with Crippen molar-refractivity contribution in [1.82, 2.24) is 0 Å². The van der Waals surface area contributed by atoms with E-state index in [2.05, 4.69) is 19.2 Å². The van der Waals surface area contributed by atoms with Crippen LogP contribution in [0.4, 0.5) is 11.4 Å². The molecule has 0 saturated carbocycles. The number of ether oxygens (including phenoxy) is 1. The molecule has 132 valence electrons. The minimum atomic E-state index is 0.0471. The molecular formula is C19H28N2O3. The molecule has 5 nitrogen and oxygen atoms in total. The number of benzene rings is 1. The average Bonchev–Trinajstić information content (AvgIpc) is 3.00. The molecule has 0 spiro atoms.